The smallest absolute Gasteiger partial charge is 0.384 e. The molecule has 3 N–H and O–H groups in total. The quantitative estimate of drug-likeness (QED) is 0.272. The summed E-state index contributed by atoms with van der Waals surface area (Å²) < 4.78 is 20.6. The molecule has 0 aromatic heterocycles. The number of aliphatic hydroxyl groups is 1. The average Bonchev–Trinajstić information content (AvgIpc) is 2.81. The number of rotatable bonds is 9. The summed E-state index contributed by atoms with van der Waals surface area (Å²) >= 11 is 0. The van der Waals surface area contributed by atoms with Crippen LogP contribution >= 0.6 is 0 Å². The second-order valence-corrected chi connectivity index (χ2v) is 6.61. The van der Waals surface area contributed by atoms with Gasteiger partial charge in [0.05, 0.1) is 27.4 Å². The van der Waals surface area contributed by atoms with E-state index in [0.717, 1.165) is 0 Å². The second kappa shape index (κ2) is 13.3. The van der Waals surface area contributed by atoms with E-state index in [1.54, 1.807) is 23.1 Å². The van der Waals surface area contributed by atoms with E-state index in [1.165, 1.54) is 14.2 Å². The van der Waals surface area contributed by atoms with Crippen LogP contribution in [0.4, 0.5) is 4.79 Å². The van der Waals surface area contributed by atoms with E-state index >= 15 is 0 Å². The third-order valence-electron chi connectivity index (χ3n) is 4.35. The van der Waals surface area contributed by atoms with Crippen LogP contribution in [-0.4, -0.2) is 94.9 Å². The Kier molecular flexibility index (Phi) is 10.4. The average molecular weight is 435 g/mol. The highest BCUT2D eigenvalue weighted by molar-refractivity contribution is 5.89. The molecule has 2 amide bonds. The summed E-state index contributed by atoms with van der Waals surface area (Å²) in [5.41, 5.74) is 0.566. The van der Waals surface area contributed by atoms with E-state index in [2.05, 4.69) is 27.2 Å². The number of amides is 2. The van der Waals surface area contributed by atoms with Gasteiger partial charge < -0.3 is 39.6 Å². The summed E-state index contributed by atoms with van der Waals surface area (Å²) in [4.78, 5) is 24.8. The van der Waals surface area contributed by atoms with Crippen LogP contribution in [0.1, 0.15) is 5.56 Å². The van der Waals surface area contributed by atoms with Crippen molar-refractivity contribution in [2.45, 2.75) is 6.10 Å². The van der Waals surface area contributed by atoms with Crippen molar-refractivity contribution in [1.82, 2.24) is 15.5 Å². The first-order chi connectivity index (χ1) is 15.0. The topological polar surface area (TPSA) is 119 Å². The summed E-state index contributed by atoms with van der Waals surface area (Å²) in [6.07, 6.45) is -0.751. The monoisotopic (exact) mass is 435 g/mol. The van der Waals surface area contributed by atoms with Crippen LogP contribution in [-0.2, 0) is 14.3 Å². The number of morpholine rings is 1. The third kappa shape index (κ3) is 8.72. The molecule has 1 saturated heterocycles. The van der Waals surface area contributed by atoms with E-state index in [9.17, 15) is 14.7 Å². The molecule has 1 fully saturated rings. The molecule has 31 heavy (non-hydrogen) atoms. The summed E-state index contributed by atoms with van der Waals surface area (Å²) in [6, 6.07) is 4.85. The third-order valence-corrected chi connectivity index (χ3v) is 4.35. The fourth-order valence-corrected chi connectivity index (χ4v) is 2.69. The van der Waals surface area contributed by atoms with Crippen molar-refractivity contribution < 1.29 is 33.6 Å². The van der Waals surface area contributed by atoms with Crippen molar-refractivity contribution >= 4 is 12.0 Å². The predicted molar refractivity (Wildman–Crippen MR) is 112 cm³/mol. The molecule has 1 heterocycles. The summed E-state index contributed by atoms with van der Waals surface area (Å²) in [6.45, 7) is 3.64. The largest absolute Gasteiger partial charge is 0.493 e. The molecule has 0 saturated carbocycles. The van der Waals surface area contributed by atoms with Crippen molar-refractivity contribution in [2.75, 3.05) is 66.8 Å². The number of nitrogens with zero attached hydrogens (tertiary/aromatic N) is 1. The van der Waals surface area contributed by atoms with Crippen LogP contribution in [0.2, 0.25) is 0 Å². The zero-order valence-electron chi connectivity index (χ0n) is 17.8. The first kappa shape index (κ1) is 24.3. The van der Waals surface area contributed by atoms with Gasteiger partial charge in [-0.15, -0.1) is 0 Å². The Morgan fingerprint density at radius 2 is 2.00 bits per heavy atom. The van der Waals surface area contributed by atoms with Crippen LogP contribution in [0.25, 0.3) is 0 Å². The number of hydrogen-bond donors (Lipinski definition) is 3. The van der Waals surface area contributed by atoms with Crippen LogP contribution < -0.4 is 20.1 Å². The molecule has 1 aromatic carbocycles. The number of aliphatic hydroxyl groups excluding tert-OH is 1. The van der Waals surface area contributed by atoms with Gasteiger partial charge >= 0.3 is 12.0 Å². The van der Waals surface area contributed by atoms with Gasteiger partial charge in [-0.3, -0.25) is 0 Å². The van der Waals surface area contributed by atoms with Gasteiger partial charge in [0.1, 0.15) is 12.7 Å². The molecule has 0 radical (unpaired) electrons. The fourth-order valence-electron chi connectivity index (χ4n) is 2.69. The van der Waals surface area contributed by atoms with Crippen molar-refractivity contribution in [3.63, 3.8) is 0 Å². The molecule has 10 heteroatoms. The molecular formula is C21H29N3O7. The Morgan fingerprint density at radius 3 is 2.71 bits per heavy atom. The first-order valence-electron chi connectivity index (χ1n) is 9.93. The Bertz CT molecular complexity index is 785. The van der Waals surface area contributed by atoms with Gasteiger partial charge in [-0.05, 0) is 18.2 Å². The van der Waals surface area contributed by atoms with Gasteiger partial charge in [0.25, 0.3) is 0 Å². The summed E-state index contributed by atoms with van der Waals surface area (Å²) in [7, 11) is 2.75. The van der Waals surface area contributed by atoms with Crippen molar-refractivity contribution in [1.29, 1.82) is 0 Å². The molecule has 0 aliphatic carbocycles. The van der Waals surface area contributed by atoms with Crippen LogP contribution in [0, 0.1) is 11.8 Å². The number of urea groups is 1. The molecule has 0 bridgehead atoms. The lowest BCUT2D eigenvalue weighted by molar-refractivity contribution is -0.133. The molecule has 1 unspecified atom stereocenters. The molecular weight excluding hydrogens is 406 g/mol. The lowest BCUT2D eigenvalue weighted by Crippen LogP contribution is -2.47. The number of methoxy groups -OCH3 is 2. The molecule has 1 aliphatic rings. The minimum absolute atomic E-state index is 0.0523. The van der Waals surface area contributed by atoms with Gasteiger partial charge in [0.15, 0.2) is 11.5 Å². The maximum absolute atomic E-state index is 11.9. The molecule has 10 nitrogen and oxygen atoms in total. The van der Waals surface area contributed by atoms with Gasteiger partial charge in [0, 0.05) is 44.2 Å². The van der Waals surface area contributed by atoms with Crippen LogP contribution in [0.5, 0.6) is 11.5 Å². The van der Waals surface area contributed by atoms with Crippen molar-refractivity contribution in [3.8, 4) is 23.3 Å². The molecule has 1 aromatic rings. The number of ether oxygens (including phenoxy) is 4. The van der Waals surface area contributed by atoms with E-state index in [1.807, 2.05) is 0 Å². The minimum atomic E-state index is -0.751. The first-order valence-corrected chi connectivity index (χ1v) is 9.93. The lowest BCUT2D eigenvalue weighted by atomic mass is 10.2. The van der Waals surface area contributed by atoms with Crippen LogP contribution in [0.3, 0.4) is 0 Å². The molecule has 1 aliphatic heterocycles. The van der Waals surface area contributed by atoms with Gasteiger partial charge in [-0.25, -0.2) is 9.59 Å². The van der Waals surface area contributed by atoms with Gasteiger partial charge in [0.2, 0.25) is 0 Å². The predicted octanol–water partition coefficient (Wildman–Crippen LogP) is -0.409. The Labute approximate surface area is 181 Å². The number of esters is 1. The van der Waals surface area contributed by atoms with E-state index in [0.29, 0.717) is 63.0 Å². The standard InChI is InChI=1S/C21H29N3O7/c1-28-19-13-16(4-6-20(26)29-2)3-5-18(19)31-15-17(25)14-22-7-8-23-21(27)24-9-11-30-12-10-24/h3,5,13,17,22,25H,7-12,14-15H2,1-2H3,(H,23,27). The van der Waals surface area contributed by atoms with E-state index in [-0.39, 0.29) is 12.6 Å². The zero-order chi connectivity index (χ0) is 22.5. The fraction of sp³-hybridized carbons (Fsp3) is 0.524. The highest BCUT2D eigenvalue weighted by Crippen LogP contribution is 2.27. The molecule has 170 valence electrons. The summed E-state index contributed by atoms with van der Waals surface area (Å²) in [5.74, 6) is 5.26. The Morgan fingerprint density at radius 1 is 1.23 bits per heavy atom. The number of carbonyl (C=O) groups excluding carboxylic acids is 2. The number of benzene rings is 1. The zero-order valence-corrected chi connectivity index (χ0v) is 17.8. The maximum Gasteiger partial charge on any atom is 0.384 e. The second-order valence-electron chi connectivity index (χ2n) is 6.61. The number of nitrogens with one attached hydrogen (secondary N) is 2. The Hall–Kier alpha value is -3.00. The number of hydrogen-bond acceptors (Lipinski definition) is 8. The highest BCUT2D eigenvalue weighted by atomic mass is 16.5. The summed E-state index contributed by atoms with van der Waals surface area (Å²) in [5, 5.41) is 16.0. The lowest BCUT2D eigenvalue weighted by Gasteiger charge is -2.27. The molecule has 0 spiro atoms. The van der Waals surface area contributed by atoms with E-state index in [4.69, 9.17) is 14.2 Å². The van der Waals surface area contributed by atoms with Gasteiger partial charge in [-0.2, -0.15) is 0 Å². The Balaban J connectivity index is 1.68. The van der Waals surface area contributed by atoms with Gasteiger partial charge in [-0.1, -0.05) is 5.92 Å². The number of carbonyl (C=O) groups is 2. The SMILES string of the molecule is COC(=O)C#Cc1ccc(OCC(O)CNCCNC(=O)N2CCOCC2)c(OC)c1. The molecule has 2 rings (SSSR count). The normalized spacial score (nSPS) is 14.1. The minimum Gasteiger partial charge on any atom is -0.493 e. The molecule has 1 atom stereocenters. The van der Waals surface area contributed by atoms with E-state index < -0.39 is 12.1 Å². The van der Waals surface area contributed by atoms with Crippen LogP contribution in [0.15, 0.2) is 18.2 Å². The van der Waals surface area contributed by atoms with Crippen molar-refractivity contribution in [2.24, 2.45) is 0 Å². The highest BCUT2D eigenvalue weighted by Gasteiger charge is 2.16. The maximum atomic E-state index is 11.9. The van der Waals surface area contributed by atoms with Crippen molar-refractivity contribution in [3.05, 3.63) is 23.8 Å².